The number of carbonyl (C=O) groups is 2. The van der Waals surface area contributed by atoms with Gasteiger partial charge in [0, 0.05) is 19.0 Å². The first-order chi connectivity index (χ1) is 10.3. The highest BCUT2D eigenvalue weighted by Crippen LogP contribution is 2.32. The van der Waals surface area contributed by atoms with Gasteiger partial charge in [0.15, 0.2) is 0 Å². The number of nitrogens with zero attached hydrogens (tertiary/aromatic N) is 1. The molecule has 2 rings (SSSR count). The van der Waals surface area contributed by atoms with Gasteiger partial charge < -0.3 is 24.6 Å². The van der Waals surface area contributed by atoms with Gasteiger partial charge in [-0.25, -0.2) is 0 Å². The summed E-state index contributed by atoms with van der Waals surface area (Å²) < 4.78 is 11.0. The third-order valence-electron chi connectivity index (χ3n) is 3.96. The van der Waals surface area contributed by atoms with Crippen LogP contribution in [0.4, 0.5) is 0 Å². The highest BCUT2D eigenvalue weighted by molar-refractivity contribution is 6.40. The molecule has 2 aliphatic heterocycles. The Labute approximate surface area is 128 Å². The van der Waals surface area contributed by atoms with E-state index < -0.39 is 31.3 Å². The van der Waals surface area contributed by atoms with E-state index in [0.29, 0.717) is 12.0 Å². The predicted molar refractivity (Wildman–Crippen MR) is 75.3 cm³/mol. The van der Waals surface area contributed by atoms with E-state index in [1.807, 2.05) is 0 Å². The van der Waals surface area contributed by atoms with E-state index in [1.165, 1.54) is 7.05 Å². The predicted octanol–water partition coefficient (Wildman–Crippen LogP) is -1.91. The van der Waals surface area contributed by atoms with E-state index in [-0.39, 0.29) is 24.9 Å². The number of aliphatic hydroxyl groups excluding tert-OH is 1. The summed E-state index contributed by atoms with van der Waals surface area (Å²) in [5.74, 6) is -1.32. The first-order valence-electron chi connectivity index (χ1n) is 7.09. The Balaban J connectivity index is 2.10. The van der Waals surface area contributed by atoms with Crippen molar-refractivity contribution in [1.29, 1.82) is 0 Å². The molecule has 9 heteroatoms. The Hall–Kier alpha value is -1.26. The van der Waals surface area contributed by atoms with Crippen LogP contribution >= 0.6 is 0 Å². The number of hydrogen-bond acceptors (Lipinski definition) is 7. The van der Waals surface area contributed by atoms with Gasteiger partial charge in [-0.1, -0.05) is 6.08 Å². The zero-order chi connectivity index (χ0) is 16.4. The lowest BCUT2D eigenvalue weighted by molar-refractivity contribution is -0.147. The van der Waals surface area contributed by atoms with Gasteiger partial charge in [-0.2, -0.15) is 0 Å². The van der Waals surface area contributed by atoms with E-state index in [0.717, 1.165) is 4.90 Å². The molecular weight excluding hydrogens is 293 g/mol. The Bertz CT molecular complexity index is 481. The largest absolute Gasteiger partial charge is 0.479 e. The molecule has 122 valence electrons. The molecule has 0 aromatic carbocycles. The third-order valence-corrected chi connectivity index (χ3v) is 3.96. The summed E-state index contributed by atoms with van der Waals surface area (Å²) in [5.41, 5.74) is 0.464. The maximum atomic E-state index is 12.2. The monoisotopic (exact) mass is 313 g/mol. The average Bonchev–Trinajstić information content (AvgIpc) is 2.89. The Kier molecular flexibility index (Phi) is 5.35. The SMILES string of the molecule is CC1=CC(C2CC(OCB(O)O)C(CO)O2)C(=O)N(C)C1=O. The molecule has 4 unspecified atom stereocenters. The molecule has 1 fully saturated rings. The molecule has 0 spiro atoms. The van der Waals surface area contributed by atoms with Crippen LogP contribution in [0.5, 0.6) is 0 Å². The maximum Gasteiger partial charge on any atom is 0.479 e. The number of carbonyl (C=O) groups excluding carboxylic acids is 2. The van der Waals surface area contributed by atoms with Gasteiger partial charge in [-0.05, 0) is 6.92 Å². The van der Waals surface area contributed by atoms with Gasteiger partial charge in [-0.3, -0.25) is 14.5 Å². The summed E-state index contributed by atoms with van der Waals surface area (Å²) in [4.78, 5) is 25.0. The normalized spacial score (nSPS) is 32.4. The van der Waals surface area contributed by atoms with Gasteiger partial charge in [0.1, 0.15) is 6.10 Å². The zero-order valence-corrected chi connectivity index (χ0v) is 12.5. The molecule has 8 nitrogen and oxygen atoms in total. The first-order valence-corrected chi connectivity index (χ1v) is 7.09. The van der Waals surface area contributed by atoms with Gasteiger partial charge in [-0.15, -0.1) is 0 Å². The number of rotatable bonds is 5. The summed E-state index contributed by atoms with van der Waals surface area (Å²) in [6.07, 6.45) is 0.179. The van der Waals surface area contributed by atoms with Crippen molar-refractivity contribution >= 4 is 18.9 Å². The van der Waals surface area contributed by atoms with Crippen molar-refractivity contribution in [3.8, 4) is 0 Å². The molecule has 4 atom stereocenters. The molecule has 22 heavy (non-hydrogen) atoms. The van der Waals surface area contributed by atoms with Crippen LogP contribution in [0.2, 0.25) is 0 Å². The van der Waals surface area contributed by atoms with Crippen molar-refractivity contribution in [2.45, 2.75) is 31.7 Å². The number of likely N-dealkylation sites (N-methyl/N-ethyl adjacent to an activating group) is 1. The number of ether oxygens (including phenoxy) is 2. The lowest BCUT2D eigenvalue weighted by atomic mass is 9.91. The molecule has 2 aliphatic rings. The minimum atomic E-state index is -1.61. The van der Waals surface area contributed by atoms with Crippen molar-refractivity contribution < 1.29 is 34.2 Å². The van der Waals surface area contributed by atoms with Crippen molar-refractivity contribution in [3.63, 3.8) is 0 Å². The molecule has 1 saturated heterocycles. The quantitative estimate of drug-likeness (QED) is 0.401. The molecule has 3 N–H and O–H groups in total. The van der Waals surface area contributed by atoms with Crippen LogP contribution in [0.1, 0.15) is 13.3 Å². The number of hydrogen-bond donors (Lipinski definition) is 3. The smallest absolute Gasteiger partial charge is 0.426 e. The number of imide groups is 1. The lowest BCUT2D eigenvalue weighted by Gasteiger charge is -2.29. The van der Waals surface area contributed by atoms with Crippen LogP contribution in [0, 0.1) is 5.92 Å². The van der Waals surface area contributed by atoms with Crippen LogP contribution < -0.4 is 0 Å². The fourth-order valence-corrected chi connectivity index (χ4v) is 2.79. The van der Waals surface area contributed by atoms with E-state index in [2.05, 4.69) is 0 Å². The van der Waals surface area contributed by atoms with Crippen molar-refractivity contribution in [3.05, 3.63) is 11.6 Å². The van der Waals surface area contributed by atoms with Crippen LogP contribution in [-0.2, 0) is 19.1 Å². The van der Waals surface area contributed by atoms with Crippen LogP contribution in [0.3, 0.4) is 0 Å². The molecule has 2 amide bonds. The van der Waals surface area contributed by atoms with Gasteiger partial charge in [0.2, 0.25) is 5.91 Å². The minimum Gasteiger partial charge on any atom is -0.426 e. The summed E-state index contributed by atoms with van der Waals surface area (Å²) in [7, 11) is -0.191. The van der Waals surface area contributed by atoms with Gasteiger partial charge in [0.25, 0.3) is 5.91 Å². The van der Waals surface area contributed by atoms with Crippen LogP contribution in [0.15, 0.2) is 11.6 Å². The molecule has 0 aliphatic carbocycles. The second kappa shape index (κ2) is 6.88. The summed E-state index contributed by atoms with van der Waals surface area (Å²) >= 11 is 0. The average molecular weight is 313 g/mol. The van der Waals surface area contributed by atoms with E-state index in [9.17, 15) is 14.7 Å². The van der Waals surface area contributed by atoms with Crippen LogP contribution in [0.25, 0.3) is 0 Å². The van der Waals surface area contributed by atoms with Crippen molar-refractivity contribution in [1.82, 2.24) is 4.90 Å². The second-order valence-corrected chi connectivity index (χ2v) is 5.56. The van der Waals surface area contributed by atoms with Crippen LogP contribution in [-0.4, -0.2) is 77.5 Å². The van der Waals surface area contributed by atoms with Crippen molar-refractivity contribution in [2.24, 2.45) is 5.92 Å². The fraction of sp³-hybridized carbons (Fsp3) is 0.692. The minimum absolute atomic E-state index is 0.302. The summed E-state index contributed by atoms with van der Waals surface area (Å²) in [6.45, 7) is 1.02. The van der Waals surface area contributed by atoms with E-state index in [1.54, 1.807) is 13.0 Å². The molecule has 2 heterocycles. The molecule has 0 aromatic rings. The molecule has 0 aromatic heterocycles. The molecular formula is C13H20BNO7. The van der Waals surface area contributed by atoms with E-state index >= 15 is 0 Å². The topological polar surface area (TPSA) is 117 Å². The first kappa shape index (κ1) is 17.1. The summed E-state index contributed by atoms with van der Waals surface area (Å²) in [5, 5.41) is 27.0. The third kappa shape index (κ3) is 3.39. The highest BCUT2D eigenvalue weighted by atomic mass is 16.6. The molecule has 0 saturated carbocycles. The van der Waals surface area contributed by atoms with Crippen molar-refractivity contribution in [2.75, 3.05) is 20.2 Å². The zero-order valence-electron chi connectivity index (χ0n) is 12.5. The maximum absolute atomic E-state index is 12.2. The Morgan fingerprint density at radius 2 is 2.14 bits per heavy atom. The molecule has 0 radical (unpaired) electrons. The molecule has 0 bridgehead atoms. The Morgan fingerprint density at radius 1 is 1.45 bits per heavy atom. The number of aliphatic hydroxyl groups is 1. The standard InChI is InChI=1S/C13H20BNO7/c1-7-3-8(13(18)15(2)12(7)17)9-4-10(11(5-16)22-9)21-6-14(19)20/h3,8-11,16,19-20H,4-6H2,1-2H3. The summed E-state index contributed by atoms with van der Waals surface area (Å²) in [6, 6.07) is 0. The Morgan fingerprint density at radius 3 is 2.73 bits per heavy atom. The number of amides is 2. The second-order valence-electron chi connectivity index (χ2n) is 5.56. The van der Waals surface area contributed by atoms with Gasteiger partial charge >= 0.3 is 7.12 Å². The highest BCUT2D eigenvalue weighted by Gasteiger charge is 2.44. The fourth-order valence-electron chi connectivity index (χ4n) is 2.79. The van der Waals surface area contributed by atoms with E-state index in [4.69, 9.17) is 19.5 Å². The lowest BCUT2D eigenvalue weighted by Crippen LogP contribution is -2.45. The van der Waals surface area contributed by atoms with Gasteiger partial charge in [0.05, 0.1) is 31.2 Å².